The monoisotopic (exact) mass is 246 g/mol. The Morgan fingerprint density at radius 2 is 2.40 bits per heavy atom. The van der Waals surface area contributed by atoms with E-state index in [0.717, 1.165) is 13.1 Å². The summed E-state index contributed by atoms with van der Waals surface area (Å²) < 4.78 is 0. The molecule has 2 N–H and O–H groups in total. The maximum atomic E-state index is 5.75. The molecule has 1 saturated heterocycles. The molecule has 1 unspecified atom stereocenters. The van der Waals surface area contributed by atoms with Crippen LogP contribution in [0.15, 0.2) is 11.4 Å². The number of hydrogen-bond donors (Lipinski definition) is 1. The maximum Gasteiger partial charge on any atom is 0.0334 e. The smallest absolute Gasteiger partial charge is 0.0334 e. The Bertz CT molecular complexity index is 301. The quantitative estimate of drug-likeness (QED) is 0.888. The fourth-order valence-electron chi connectivity index (χ4n) is 2.12. The van der Waals surface area contributed by atoms with E-state index in [2.05, 4.69) is 23.3 Å². The third-order valence-electron chi connectivity index (χ3n) is 3.09. The molecule has 1 aliphatic rings. The number of likely N-dealkylation sites (tertiary alicyclic amines) is 1. The number of nitrogens with two attached hydrogens (primary N) is 1. The number of thiophene rings is 1. The van der Waals surface area contributed by atoms with Gasteiger partial charge >= 0.3 is 0 Å². The zero-order valence-corrected chi connectivity index (χ0v) is 10.7. The Balaban J connectivity index is 0.00000112. The summed E-state index contributed by atoms with van der Waals surface area (Å²) in [6, 6.07) is 2.82. The molecule has 0 saturated carbocycles. The zero-order chi connectivity index (χ0) is 9.97. The minimum absolute atomic E-state index is 0. The average Bonchev–Trinajstić information content (AvgIpc) is 2.77. The first-order valence-corrected chi connectivity index (χ1v) is 6.16. The predicted octanol–water partition coefficient (Wildman–Crippen LogP) is 2.40. The van der Waals surface area contributed by atoms with Crippen molar-refractivity contribution in [3.8, 4) is 0 Å². The topological polar surface area (TPSA) is 29.3 Å². The van der Waals surface area contributed by atoms with Gasteiger partial charge in [-0.05, 0) is 43.3 Å². The van der Waals surface area contributed by atoms with Gasteiger partial charge in [-0.3, -0.25) is 4.90 Å². The predicted molar refractivity (Wildman–Crippen MR) is 68.8 cm³/mol. The molecule has 2 nitrogen and oxygen atoms in total. The molecule has 1 aromatic rings. The van der Waals surface area contributed by atoms with Gasteiger partial charge in [0.15, 0.2) is 0 Å². The normalized spacial score (nSPS) is 21.6. The Morgan fingerprint density at radius 1 is 1.60 bits per heavy atom. The fourth-order valence-corrected chi connectivity index (χ4v) is 3.05. The van der Waals surface area contributed by atoms with Crippen LogP contribution in [-0.4, -0.2) is 24.0 Å². The van der Waals surface area contributed by atoms with Crippen molar-refractivity contribution in [2.75, 3.05) is 13.1 Å². The average molecular weight is 247 g/mol. The van der Waals surface area contributed by atoms with Crippen molar-refractivity contribution in [2.45, 2.75) is 32.4 Å². The molecule has 2 rings (SSSR count). The van der Waals surface area contributed by atoms with Crippen molar-refractivity contribution in [3.05, 3.63) is 21.9 Å². The lowest BCUT2D eigenvalue weighted by Crippen LogP contribution is -2.34. The lowest BCUT2D eigenvalue weighted by molar-refractivity contribution is 0.252. The molecule has 1 aliphatic heterocycles. The van der Waals surface area contributed by atoms with Crippen molar-refractivity contribution >= 4 is 23.7 Å². The van der Waals surface area contributed by atoms with Crippen LogP contribution in [0.3, 0.4) is 0 Å². The highest BCUT2D eigenvalue weighted by Gasteiger charge is 2.23. The third kappa shape index (κ3) is 2.94. The highest BCUT2D eigenvalue weighted by molar-refractivity contribution is 7.10. The summed E-state index contributed by atoms with van der Waals surface area (Å²) in [4.78, 5) is 4.03. The van der Waals surface area contributed by atoms with Crippen molar-refractivity contribution in [3.63, 3.8) is 0 Å². The van der Waals surface area contributed by atoms with Gasteiger partial charge in [-0.1, -0.05) is 0 Å². The Hall–Kier alpha value is -0.0900. The third-order valence-corrected chi connectivity index (χ3v) is 4.09. The van der Waals surface area contributed by atoms with Crippen molar-refractivity contribution in [1.29, 1.82) is 0 Å². The molecule has 0 radical (unpaired) electrons. The molecule has 1 fully saturated rings. The first kappa shape index (κ1) is 13.0. The van der Waals surface area contributed by atoms with Crippen LogP contribution in [0.1, 0.15) is 23.3 Å². The summed E-state index contributed by atoms with van der Waals surface area (Å²) >= 11 is 1.87. The van der Waals surface area contributed by atoms with E-state index < -0.39 is 0 Å². The molecular weight excluding hydrogens is 228 g/mol. The van der Waals surface area contributed by atoms with Crippen LogP contribution in [0.5, 0.6) is 0 Å². The number of halogens is 1. The number of hydrogen-bond acceptors (Lipinski definition) is 3. The largest absolute Gasteiger partial charge is 0.329 e. The second-order valence-electron chi connectivity index (χ2n) is 4.03. The van der Waals surface area contributed by atoms with Gasteiger partial charge in [0.25, 0.3) is 0 Å². The zero-order valence-electron chi connectivity index (χ0n) is 9.11. The Morgan fingerprint density at radius 3 is 3.00 bits per heavy atom. The highest BCUT2D eigenvalue weighted by Crippen LogP contribution is 2.23. The summed E-state index contributed by atoms with van der Waals surface area (Å²) in [7, 11) is 0. The van der Waals surface area contributed by atoms with Crippen LogP contribution >= 0.6 is 23.7 Å². The molecule has 1 aromatic heterocycles. The van der Waals surface area contributed by atoms with Gasteiger partial charge in [0.05, 0.1) is 0 Å². The molecule has 0 spiro atoms. The number of aryl methyl sites for hydroxylation is 1. The molecule has 0 amide bonds. The summed E-state index contributed by atoms with van der Waals surface area (Å²) in [5.41, 5.74) is 7.18. The summed E-state index contributed by atoms with van der Waals surface area (Å²) in [5.74, 6) is 0. The molecule has 0 bridgehead atoms. The summed E-state index contributed by atoms with van der Waals surface area (Å²) in [5, 5.41) is 2.18. The van der Waals surface area contributed by atoms with Crippen LogP contribution in [0.4, 0.5) is 0 Å². The number of nitrogens with zero attached hydrogens (tertiary/aromatic N) is 1. The van der Waals surface area contributed by atoms with E-state index in [0.29, 0.717) is 6.04 Å². The first-order chi connectivity index (χ1) is 6.81. The standard InChI is InChI=1S/C11H18N2S.ClH/c1-9-4-6-14-11(9)8-13-5-2-3-10(13)7-12;/h4,6,10H,2-3,5,7-8,12H2,1H3;1H. The molecule has 0 aromatic carbocycles. The Labute approximate surface area is 102 Å². The van der Waals surface area contributed by atoms with Crippen LogP contribution in [0.25, 0.3) is 0 Å². The molecule has 15 heavy (non-hydrogen) atoms. The van der Waals surface area contributed by atoms with E-state index in [4.69, 9.17) is 5.73 Å². The van der Waals surface area contributed by atoms with E-state index in [1.165, 1.54) is 29.8 Å². The van der Waals surface area contributed by atoms with Gasteiger partial charge in [-0.15, -0.1) is 23.7 Å². The lowest BCUT2D eigenvalue weighted by Gasteiger charge is -2.22. The summed E-state index contributed by atoms with van der Waals surface area (Å²) in [6.45, 7) is 5.33. The van der Waals surface area contributed by atoms with Gasteiger partial charge in [0.2, 0.25) is 0 Å². The van der Waals surface area contributed by atoms with Gasteiger partial charge in [0, 0.05) is 24.0 Å². The minimum Gasteiger partial charge on any atom is -0.329 e. The van der Waals surface area contributed by atoms with Gasteiger partial charge < -0.3 is 5.73 Å². The fraction of sp³-hybridized carbons (Fsp3) is 0.636. The molecule has 1 atom stereocenters. The molecular formula is C11H19ClN2S. The first-order valence-electron chi connectivity index (χ1n) is 5.28. The molecule has 0 aliphatic carbocycles. The van der Waals surface area contributed by atoms with E-state index in [1.807, 2.05) is 11.3 Å². The van der Waals surface area contributed by atoms with E-state index in [-0.39, 0.29) is 12.4 Å². The van der Waals surface area contributed by atoms with Crippen LogP contribution < -0.4 is 5.73 Å². The molecule has 2 heterocycles. The minimum atomic E-state index is 0. The Kier molecular flexibility index (Phi) is 5.06. The van der Waals surface area contributed by atoms with Crippen molar-refractivity contribution in [2.24, 2.45) is 5.73 Å². The van der Waals surface area contributed by atoms with Crippen LogP contribution in [0.2, 0.25) is 0 Å². The van der Waals surface area contributed by atoms with Gasteiger partial charge in [-0.2, -0.15) is 0 Å². The summed E-state index contributed by atoms with van der Waals surface area (Å²) in [6.07, 6.45) is 2.59. The second kappa shape index (κ2) is 5.85. The van der Waals surface area contributed by atoms with Gasteiger partial charge in [-0.25, -0.2) is 0 Å². The van der Waals surface area contributed by atoms with Crippen molar-refractivity contribution in [1.82, 2.24) is 4.90 Å². The molecule has 4 heteroatoms. The SMILES string of the molecule is Cc1ccsc1CN1CCCC1CN.Cl. The van der Waals surface area contributed by atoms with Crippen molar-refractivity contribution < 1.29 is 0 Å². The molecule has 86 valence electrons. The highest BCUT2D eigenvalue weighted by atomic mass is 35.5. The maximum absolute atomic E-state index is 5.75. The van der Waals surface area contributed by atoms with Crippen LogP contribution in [-0.2, 0) is 6.54 Å². The van der Waals surface area contributed by atoms with Crippen LogP contribution in [0, 0.1) is 6.92 Å². The van der Waals surface area contributed by atoms with E-state index in [1.54, 1.807) is 0 Å². The lowest BCUT2D eigenvalue weighted by atomic mass is 10.2. The van der Waals surface area contributed by atoms with Gasteiger partial charge in [0.1, 0.15) is 0 Å². The number of rotatable bonds is 3. The van der Waals surface area contributed by atoms with E-state index >= 15 is 0 Å². The second-order valence-corrected chi connectivity index (χ2v) is 5.03. The van der Waals surface area contributed by atoms with E-state index in [9.17, 15) is 0 Å².